The lowest BCUT2D eigenvalue weighted by Crippen LogP contribution is -2.28. The maximum absolute atomic E-state index is 12.2. The summed E-state index contributed by atoms with van der Waals surface area (Å²) in [5.41, 5.74) is 1.64. The largest absolute Gasteiger partial charge is 0.347 e. The molecule has 1 aliphatic heterocycles. The summed E-state index contributed by atoms with van der Waals surface area (Å²) in [6.07, 6.45) is 2.34. The lowest BCUT2D eigenvalue weighted by molar-refractivity contribution is 0.0946. The average Bonchev–Trinajstić information content (AvgIpc) is 3.04. The molecule has 0 saturated carbocycles. The number of piperidine rings is 1. The van der Waals surface area contributed by atoms with Gasteiger partial charge in [-0.2, -0.15) is 0 Å². The molecule has 1 aromatic carbocycles. The Morgan fingerprint density at radius 2 is 2.41 bits per heavy atom. The van der Waals surface area contributed by atoms with Gasteiger partial charge in [0.2, 0.25) is 0 Å². The SMILES string of the molecule is O=C(NCc1cccc(I)c1)c1csc(C2CCCNC2)n1. The van der Waals surface area contributed by atoms with Gasteiger partial charge in [-0.05, 0) is 59.7 Å². The lowest BCUT2D eigenvalue weighted by atomic mass is 10.0. The Balaban J connectivity index is 1.59. The van der Waals surface area contributed by atoms with Crippen LogP contribution in [0.25, 0.3) is 0 Å². The van der Waals surface area contributed by atoms with Gasteiger partial charge in [0.15, 0.2) is 0 Å². The number of benzene rings is 1. The molecule has 2 aromatic rings. The van der Waals surface area contributed by atoms with Crippen molar-refractivity contribution in [1.29, 1.82) is 0 Å². The van der Waals surface area contributed by atoms with E-state index >= 15 is 0 Å². The quantitative estimate of drug-likeness (QED) is 0.738. The summed E-state index contributed by atoms with van der Waals surface area (Å²) < 4.78 is 1.17. The molecule has 1 unspecified atom stereocenters. The smallest absolute Gasteiger partial charge is 0.271 e. The Hall–Kier alpha value is -0.990. The highest BCUT2D eigenvalue weighted by Crippen LogP contribution is 2.26. The minimum Gasteiger partial charge on any atom is -0.347 e. The van der Waals surface area contributed by atoms with Gasteiger partial charge in [-0.25, -0.2) is 4.98 Å². The van der Waals surface area contributed by atoms with Crippen molar-refractivity contribution in [1.82, 2.24) is 15.6 Å². The van der Waals surface area contributed by atoms with E-state index in [9.17, 15) is 4.79 Å². The molecule has 2 heterocycles. The third kappa shape index (κ3) is 4.05. The normalized spacial score (nSPS) is 18.1. The van der Waals surface area contributed by atoms with E-state index in [2.05, 4.69) is 44.3 Å². The molecule has 116 valence electrons. The fourth-order valence-electron chi connectivity index (χ4n) is 2.56. The molecule has 1 saturated heterocycles. The third-order valence-electron chi connectivity index (χ3n) is 3.74. The van der Waals surface area contributed by atoms with Crippen molar-refractivity contribution in [2.45, 2.75) is 25.3 Å². The van der Waals surface area contributed by atoms with Crippen molar-refractivity contribution in [3.63, 3.8) is 0 Å². The molecule has 6 heteroatoms. The molecule has 1 amide bonds. The van der Waals surface area contributed by atoms with E-state index in [4.69, 9.17) is 0 Å². The average molecular weight is 427 g/mol. The van der Waals surface area contributed by atoms with Gasteiger partial charge >= 0.3 is 0 Å². The molecule has 1 fully saturated rings. The van der Waals surface area contributed by atoms with Gasteiger partial charge in [-0.15, -0.1) is 11.3 Å². The van der Waals surface area contributed by atoms with Crippen LogP contribution in [0.5, 0.6) is 0 Å². The molecule has 1 aromatic heterocycles. The van der Waals surface area contributed by atoms with Crippen LogP contribution in [0.1, 0.15) is 39.8 Å². The summed E-state index contributed by atoms with van der Waals surface area (Å²) >= 11 is 3.87. The van der Waals surface area contributed by atoms with Crippen molar-refractivity contribution in [2.24, 2.45) is 0 Å². The Bertz CT molecular complexity index is 652. The van der Waals surface area contributed by atoms with E-state index in [1.807, 2.05) is 23.6 Å². The second-order valence-corrected chi connectivity index (χ2v) is 7.56. The highest BCUT2D eigenvalue weighted by atomic mass is 127. The predicted molar refractivity (Wildman–Crippen MR) is 97.3 cm³/mol. The van der Waals surface area contributed by atoms with E-state index in [-0.39, 0.29) is 5.91 Å². The zero-order chi connectivity index (χ0) is 15.4. The van der Waals surface area contributed by atoms with Crippen molar-refractivity contribution in [3.8, 4) is 0 Å². The maximum Gasteiger partial charge on any atom is 0.271 e. The van der Waals surface area contributed by atoms with Crippen molar-refractivity contribution >= 4 is 39.8 Å². The number of nitrogens with one attached hydrogen (secondary N) is 2. The number of thiazole rings is 1. The van der Waals surface area contributed by atoms with Gasteiger partial charge in [0, 0.05) is 28.0 Å². The van der Waals surface area contributed by atoms with E-state index in [0.29, 0.717) is 18.2 Å². The molecular formula is C16H18IN3OS. The minimum absolute atomic E-state index is 0.0925. The molecular weight excluding hydrogens is 409 g/mol. The van der Waals surface area contributed by atoms with Gasteiger partial charge in [0.1, 0.15) is 5.69 Å². The highest BCUT2D eigenvalue weighted by Gasteiger charge is 2.20. The number of aromatic nitrogens is 1. The van der Waals surface area contributed by atoms with Crippen LogP contribution in [0.3, 0.4) is 0 Å². The summed E-state index contributed by atoms with van der Waals surface area (Å²) in [4.78, 5) is 16.7. The molecule has 2 N–H and O–H groups in total. The molecule has 0 spiro atoms. The van der Waals surface area contributed by atoms with Crippen LogP contribution in [0, 0.1) is 3.57 Å². The van der Waals surface area contributed by atoms with E-state index in [0.717, 1.165) is 30.1 Å². The number of rotatable bonds is 4. The van der Waals surface area contributed by atoms with E-state index in [1.54, 1.807) is 11.3 Å². The number of hydrogen-bond acceptors (Lipinski definition) is 4. The van der Waals surface area contributed by atoms with Crippen molar-refractivity contribution < 1.29 is 4.79 Å². The van der Waals surface area contributed by atoms with Gasteiger partial charge < -0.3 is 10.6 Å². The van der Waals surface area contributed by atoms with Crippen LogP contribution in [0.4, 0.5) is 0 Å². The van der Waals surface area contributed by atoms with Gasteiger partial charge in [0.05, 0.1) is 5.01 Å². The zero-order valence-corrected chi connectivity index (χ0v) is 15.1. The van der Waals surface area contributed by atoms with Crippen LogP contribution in [-0.2, 0) is 6.54 Å². The molecule has 1 aliphatic rings. The van der Waals surface area contributed by atoms with Crippen molar-refractivity contribution in [3.05, 3.63) is 49.5 Å². The van der Waals surface area contributed by atoms with Gasteiger partial charge in [-0.3, -0.25) is 4.79 Å². The summed E-state index contributed by atoms with van der Waals surface area (Å²) in [6, 6.07) is 8.13. The van der Waals surface area contributed by atoms with Crippen LogP contribution in [0.2, 0.25) is 0 Å². The van der Waals surface area contributed by atoms with Crippen LogP contribution >= 0.6 is 33.9 Å². The number of carbonyl (C=O) groups excluding carboxylic acids is 1. The fraction of sp³-hybridized carbons (Fsp3) is 0.375. The Kier molecular flexibility index (Phi) is 5.43. The number of amides is 1. The monoisotopic (exact) mass is 427 g/mol. The molecule has 0 bridgehead atoms. The molecule has 22 heavy (non-hydrogen) atoms. The second kappa shape index (κ2) is 7.52. The first-order chi connectivity index (χ1) is 10.7. The maximum atomic E-state index is 12.2. The van der Waals surface area contributed by atoms with E-state index in [1.165, 1.54) is 9.99 Å². The first kappa shape index (κ1) is 15.9. The standard InChI is InChI=1S/C16H18IN3OS/c17-13-5-1-3-11(7-13)8-19-15(21)14-10-22-16(20-14)12-4-2-6-18-9-12/h1,3,5,7,10,12,18H,2,4,6,8-9H2,(H,19,21). The molecule has 4 nitrogen and oxygen atoms in total. The summed E-state index contributed by atoms with van der Waals surface area (Å²) in [6.45, 7) is 2.59. The van der Waals surface area contributed by atoms with Crippen LogP contribution < -0.4 is 10.6 Å². The van der Waals surface area contributed by atoms with E-state index < -0.39 is 0 Å². The first-order valence-corrected chi connectivity index (χ1v) is 9.37. The number of hydrogen-bond donors (Lipinski definition) is 2. The molecule has 1 atom stereocenters. The second-order valence-electron chi connectivity index (χ2n) is 5.43. The Labute approximate surface area is 147 Å². The molecule has 0 radical (unpaired) electrons. The van der Waals surface area contributed by atoms with Crippen LogP contribution in [-0.4, -0.2) is 24.0 Å². The highest BCUT2D eigenvalue weighted by molar-refractivity contribution is 14.1. The third-order valence-corrected chi connectivity index (χ3v) is 5.42. The first-order valence-electron chi connectivity index (χ1n) is 7.41. The van der Waals surface area contributed by atoms with Crippen LogP contribution in [0.15, 0.2) is 29.6 Å². The predicted octanol–water partition coefficient (Wildman–Crippen LogP) is 3.14. The summed E-state index contributed by atoms with van der Waals surface area (Å²) in [5.74, 6) is 0.362. The minimum atomic E-state index is -0.0925. The van der Waals surface area contributed by atoms with Gasteiger partial charge in [-0.1, -0.05) is 12.1 Å². The Morgan fingerprint density at radius 1 is 1.50 bits per heavy atom. The molecule has 0 aliphatic carbocycles. The topological polar surface area (TPSA) is 54.0 Å². The zero-order valence-electron chi connectivity index (χ0n) is 12.1. The lowest BCUT2D eigenvalue weighted by Gasteiger charge is -2.20. The van der Waals surface area contributed by atoms with Crippen molar-refractivity contribution in [2.75, 3.05) is 13.1 Å². The summed E-state index contributed by atoms with van der Waals surface area (Å²) in [5, 5.41) is 9.28. The summed E-state index contributed by atoms with van der Waals surface area (Å²) in [7, 11) is 0. The molecule has 3 rings (SSSR count). The number of carbonyl (C=O) groups is 1. The number of halogens is 1. The van der Waals surface area contributed by atoms with Gasteiger partial charge in [0.25, 0.3) is 5.91 Å². The Morgan fingerprint density at radius 3 is 3.18 bits per heavy atom. The number of nitrogens with zero attached hydrogens (tertiary/aromatic N) is 1. The fourth-order valence-corrected chi connectivity index (χ4v) is 4.11.